The van der Waals surface area contributed by atoms with Crippen LogP contribution in [0.1, 0.15) is 41.5 Å². The Bertz CT molecular complexity index is 4160. The molecule has 2 aliphatic carbocycles. The molecule has 340 valence electrons. The number of nitrogens with zero attached hydrogens (tertiary/aromatic N) is 4. The first-order valence-electron chi connectivity index (χ1n) is 25.1. The highest BCUT2D eigenvalue weighted by molar-refractivity contribution is 6.24. The van der Waals surface area contributed by atoms with Crippen molar-refractivity contribution in [3.05, 3.63) is 265 Å². The van der Waals surface area contributed by atoms with Crippen molar-refractivity contribution in [2.45, 2.75) is 31.1 Å². The van der Waals surface area contributed by atoms with Crippen molar-refractivity contribution in [1.82, 2.24) is 19.5 Å². The van der Waals surface area contributed by atoms with Crippen molar-refractivity contribution in [2.75, 3.05) is 0 Å². The molecule has 4 nitrogen and oxygen atoms in total. The molecule has 72 heavy (non-hydrogen) atoms. The van der Waals surface area contributed by atoms with Crippen LogP contribution in [0.5, 0.6) is 0 Å². The van der Waals surface area contributed by atoms with Crippen molar-refractivity contribution < 1.29 is 0 Å². The van der Waals surface area contributed by atoms with E-state index in [1.54, 1.807) is 0 Å². The molecular formula is C68H48N4. The van der Waals surface area contributed by atoms with Crippen LogP contribution < -0.4 is 0 Å². The molecule has 2 aliphatic rings. The first-order valence-corrected chi connectivity index (χ1v) is 25.1. The zero-order valence-electron chi connectivity index (χ0n) is 39.9. The van der Waals surface area contributed by atoms with Crippen LogP contribution in [0.25, 0.3) is 105 Å². The van der Waals surface area contributed by atoms with Gasteiger partial charge in [0.05, 0.1) is 33.6 Å². The van der Waals surface area contributed by atoms with Crippen LogP contribution >= 0.6 is 0 Å². The van der Waals surface area contributed by atoms with E-state index in [0.717, 1.165) is 85.0 Å². The van der Waals surface area contributed by atoms with Gasteiger partial charge < -0.3 is 4.57 Å². The van der Waals surface area contributed by atoms with Gasteiger partial charge in [-0.2, -0.15) is 0 Å². The zero-order chi connectivity index (χ0) is 47.8. The van der Waals surface area contributed by atoms with Gasteiger partial charge in [-0.1, -0.05) is 207 Å². The molecular weight excluding hydrogens is 873 g/mol. The van der Waals surface area contributed by atoms with Gasteiger partial charge in [-0.05, 0) is 99.5 Å². The Kier molecular flexibility index (Phi) is 9.82. The highest BCUT2D eigenvalue weighted by atomic mass is 15.0. The number of pyridine rings is 1. The third-order valence-electron chi connectivity index (χ3n) is 15.4. The lowest BCUT2D eigenvalue weighted by Gasteiger charge is -2.30. The van der Waals surface area contributed by atoms with E-state index >= 15 is 0 Å². The van der Waals surface area contributed by atoms with Gasteiger partial charge >= 0.3 is 0 Å². The second-order valence-electron chi connectivity index (χ2n) is 19.7. The number of allylic oxidation sites excluding steroid dienone is 4. The van der Waals surface area contributed by atoms with Gasteiger partial charge in [-0.15, -0.1) is 0 Å². The minimum absolute atomic E-state index is 0.0317. The summed E-state index contributed by atoms with van der Waals surface area (Å²) < 4.78 is 2.45. The molecule has 2 atom stereocenters. The number of para-hydroxylation sites is 2. The summed E-state index contributed by atoms with van der Waals surface area (Å²) in [6.45, 7) is 2.30. The fourth-order valence-corrected chi connectivity index (χ4v) is 11.8. The molecule has 12 aromatic rings. The summed E-state index contributed by atoms with van der Waals surface area (Å²) in [6, 6.07) is 79.3. The van der Waals surface area contributed by atoms with E-state index in [9.17, 15) is 0 Å². The highest BCUT2D eigenvalue weighted by Gasteiger charge is 2.31. The summed E-state index contributed by atoms with van der Waals surface area (Å²) in [7, 11) is 0. The Hall–Kier alpha value is -8.99. The molecule has 0 aliphatic heterocycles. The van der Waals surface area contributed by atoms with Gasteiger partial charge in [-0.3, -0.25) is 0 Å². The smallest absolute Gasteiger partial charge is 0.160 e. The lowest BCUT2D eigenvalue weighted by atomic mass is 9.73. The average Bonchev–Trinajstić information content (AvgIpc) is 3.80. The highest BCUT2D eigenvalue weighted by Crippen LogP contribution is 2.50. The van der Waals surface area contributed by atoms with Gasteiger partial charge in [0.1, 0.15) is 0 Å². The summed E-state index contributed by atoms with van der Waals surface area (Å²) in [6.07, 6.45) is 10.7. The Labute approximate surface area is 419 Å². The molecule has 0 bridgehead atoms. The van der Waals surface area contributed by atoms with Crippen molar-refractivity contribution in [1.29, 1.82) is 0 Å². The Morgan fingerprint density at radius 2 is 1.18 bits per heavy atom. The van der Waals surface area contributed by atoms with Crippen molar-refractivity contribution >= 4 is 43.5 Å². The second kappa shape index (κ2) is 16.9. The van der Waals surface area contributed by atoms with Crippen LogP contribution in [0.4, 0.5) is 0 Å². The van der Waals surface area contributed by atoms with E-state index < -0.39 is 0 Å². The maximum absolute atomic E-state index is 5.75. The number of aromatic nitrogens is 4. The number of hydrogen-bond donors (Lipinski definition) is 0. The number of fused-ring (bicyclic) bond motifs is 9. The first kappa shape index (κ1) is 41.9. The molecule has 0 N–H and O–H groups in total. The van der Waals surface area contributed by atoms with Gasteiger partial charge in [0, 0.05) is 55.4 Å². The van der Waals surface area contributed by atoms with E-state index in [1.165, 1.54) is 49.7 Å². The Morgan fingerprint density at radius 1 is 0.514 bits per heavy atom. The van der Waals surface area contributed by atoms with Gasteiger partial charge in [0.15, 0.2) is 5.82 Å². The van der Waals surface area contributed by atoms with E-state index in [1.807, 2.05) is 6.07 Å². The number of rotatable bonds is 7. The van der Waals surface area contributed by atoms with Crippen LogP contribution in [0, 0.1) is 0 Å². The summed E-state index contributed by atoms with van der Waals surface area (Å²) in [5.74, 6) is 0.811. The standard InChI is InChI=1S/C68H48N4/c1-68(40-16-3-17-41-68)49-35-30-46(31-36-49)61-43-60(45-19-4-2-5-20-45)70-67(71-61)47-32-37-50(38-33-47)72-62-29-15-13-27-57(62)64-65(69-59-28-14-12-26-56(59)66(64)72)63-52-23-9-6-18-44(52)34-39-55(63)58-42-48-21-7-8-22-51(48)53-24-10-11-25-54(53)58/h2-40,43,58H,41-42H2,1H3. The third kappa shape index (κ3) is 6.86. The summed E-state index contributed by atoms with van der Waals surface area (Å²) in [5, 5.41) is 5.82. The number of hydrogen-bond acceptors (Lipinski definition) is 3. The van der Waals surface area contributed by atoms with Crippen LogP contribution in [0.2, 0.25) is 0 Å². The molecule has 3 heterocycles. The van der Waals surface area contributed by atoms with E-state index in [-0.39, 0.29) is 11.3 Å². The lowest BCUT2D eigenvalue weighted by molar-refractivity contribution is 0.600. The zero-order valence-corrected chi connectivity index (χ0v) is 39.9. The molecule has 0 fully saturated rings. The minimum Gasteiger partial charge on any atom is -0.308 e. The summed E-state index contributed by atoms with van der Waals surface area (Å²) >= 11 is 0. The molecule has 2 unspecified atom stereocenters. The molecule has 9 aromatic carbocycles. The van der Waals surface area contributed by atoms with E-state index in [0.29, 0.717) is 5.82 Å². The average molecular weight is 921 g/mol. The predicted octanol–water partition coefficient (Wildman–Crippen LogP) is 17.1. The Balaban J connectivity index is 0.950. The van der Waals surface area contributed by atoms with Gasteiger partial charge in [0.25, 0.3) is 0 Å². The fraction of sp³-hybridized carbons (Fsp3) is 0.0735. The minimum atomic E-state index is -0.0317. The largest absolute Gasteiger partial charge is 0.308 e. The summed E-state index contributed by atoms with van der Waals surface area (Å²) in [4.78, 5) is 16.3. The van der Waals surface area contributed by atoms with Crippen molar-refractivity contribution in [3.8, 4) is 62.0 Å². The number of benzene rings is 9. The van der Waals surface area contributed by atoms with Crippen LogP contribution in [-0.4, -0.2) is 19.5 Å². The quantitative estimate of drug-likeness (QED) is 0.160. The van der Waals surface area contributed by atoms with E-state index in [2.05, 4.69) is 248 Å². The van der Waals surface area contributed by atoms with Crippen molar-refractivity contribution in [3.63, 3.8) is 0 Å². The SMILES string of the molecule is CC1(c2ccc(-c3cc(-c4ccccc4)nc(-c4ccc(-n5c6ccccc6c6c(-c7c(C8Cc9ccccc9-c9ccccc98)ccc8ccccc78)nc7ccccc7c65)cc4)n3)cc2)C=CC=CC1. The lowest BCUT2D eigenvalue weighted by Crippen LogP contribution is -2.19. The second-order valence-corrected chi connectivity index (χ2v) is 19.7. The monoisotopic (exact) mass is 920 g/mol. The first-order chi connectivity index (χ1) is 35.6. The third-order valence-corrected chi connectivity index (χ3v) is 15.4. The van der Waals surface area contributed by atoms with Gasteiger partial charge in [0.2, 0.25) is 0 Å². The maximum atomic E-state index is 5.75. The van der Waals surface area contributed by atoms with E-state index in [4.69, 9.17) is 15.0 Å². The molecule has 0 amide bonds. The molecule has 14 rings (SSSR count). The van der Waals surface area contributed by atoms with Crippen LogP contribution in [0.3, 0.4) is 0 Å². The van der Waals surface area contributed by atoms with Crippen LogP contribution in [0.15, 0.2) is 243 Å². The Morgan fingerprint density at radius 3 is 1.99 bits per heavy atom. The molecule has 3 aromatic heterocycles. The topological polar surface area (TPSA) is 43.6 Å². The van der Waals surface area contributed by atoms with Crippen molar-refractivity contribution in [2.24, 2.45) is 0 Å². The molecule has 0 saturated heterocycles. The normalized spacial score (nSPS) is 16.1. The molecule has 0 saturated carbocycles. The molecule has 0 radical (unpaired) electrons. The summed E-state index contributed by atoms with van der Waals surface area (Å²) in [5.41, 5.74) is 19.2. The predicted molar refractivity (Wildman–Crippen MR) is 299 cm³/mol. The molecule has 0 spiro atoms. The fourth-order valence-electron chi connectivity index (χ4n) is 11.8. The maximum Gasteiger partial charge on any atom is 0.160 e. The molecule has 4 heteroatoms. The van der Waals surface area contributed by atoms with Crippen LogP contribution in [-0.2, 0) is 11.8 Å². The van der Waals surface area contributed by atoms with Gasteiger partial charge in [-0.25, -0.2) is 15.0 Å².